The fourth-order valence-corrected chi connectivity index (χ4v) is 5.69. The summed E-state index contributed by atoms with van der Waals surface area (Å²) in [6.45, 7) is 2.10. The lowest BCUT2D eigenvalue weighted by molar-refractivity contribution is -0.122. The van der Waals surface area contributed by atoms with Gasteiger partial charge in [0.2, 0.25) is 0 Å². The minimum atomic E-state index is -0.673. The van der Waals surface area contributed by atoms with Gasteiger partial charge in [0, 0.05) is 42.4 Å². The summed E-state index contributed by atoms with van der Waals surface area (Å²) in [6, 6.07) is 17.0. The predicted molar refractivity (Wildman–Crippen MR) is 143 cm³/mol. The maximum atomic E-state index is 13.7. The van der Waals surface area contributed by atoms with Gasteiger partial charge in [0.05, 0.1) is 21.5 Å². The Morgan fingerprint density at radius 3 is 2.57 bits per heavy atom. The first-order chi connectivity index (χ1) is 17.9. The number of anilines is 1. The summed E-state index contributed by atoms with van der Waals surface area (Å²) in [7, 11) is 0. The molecule has 9 heteroatoms. The number of Topliss-reactive ketones (excluding diaryl/α,β-unsaturated/α-hetero) is 1. The van der Waals surface area contributed by atoms with Crippen LogP contribution in [0.4, 0.5) is 5.82 Å². The van der Waals surface area contributed by atoms with E-state index in [-0.39, 0.29) is 41.1 Å². The first-order valence-corrected chi connectivity index (χ1v) is 12.9. The first-order valence-electron chi connectivity index (χ1n) is 11.7. The van der Waals surface area contributed by atoms with Crippen molar-refractivity contribution in [2.45, 2.75) is 32.4 Å². The molecule has 1 N–H and O–H groups in total. The van der Waals surface area contributed by atoms with Crippen molar-refractivity contribution < 1.29 is 14.4 Å². The molecule has 1 aliphatic rings. The van der Waals surface area contributed by atoms with E-state index >= 15 is 0 Å². The quantitative estimate of drug-likeness (QED) is 0.373. The molecule has 0 radical (unpaired) electrons. The van der Waals surface area contributed by atoms with Gasteiger partial charge in [-0.1, -0.05) is 29.8 Å². The summed E-state index contributed by atoms with van der Waals surface area (Å²) in [5.74, 6) is -0.190. The summed E-state index contributed by atoms with van der Waals surface area (Å²) in [6.07, 6.45) is 3.78. The smallest absolute Gasteiger partial charge is 0.265 e. The number of pyridine rings is 2. The van der Waals surface area contributed by atoms with E-state index in [0.717, 1.165) is 16.1 Å². The van der Waals surface area contributed by atoms with Crippen molar-refractivity contribution in [2.24, 2.45) is 0 Å². The van der Waals surface area contributed by atoms with Crippen LogP contribution in [0.25, 0.3) is 0 Å². The van der Waals surface area contributed by atoms with Crippen LogP contribution in [0.5, 0.6) is 0 Å². The van der Waals surface area contributed by atoms with E-state index in [1.165, 1.54) is 11.3 Å². The number of ketones is 1. The first kappa shape index (κ1) is 24.8. The molecule has 3 aromatic heterocycles. The summed E-state index contributed by atoms with van der Waals surface area (Å²) >= 11 is 7.90. The lowest BCUT2D eigenvalue weighted by atomic mass is 10.00. The number of nitrogens with zero attached hydrogens (tertiary/aromatic N) is 3. The Balaban J connectivity index is 1.44. The third kappa shape index (κ3) is 5.45. The van der Waals surface area contributed by atoms with Crippen molar-refractivity contribution in [1.82, 2.24) is 14.9 Å². The maximum Gasteiger partial charge on any atom is 0.265 e. The second-order valence-electron chi connectivity index (χ2n) is 8.81. The van der Waals surface area contributed by atoms with Crippen LogP contribution < -0.4 is 5.32 Å². The number of halogens is 1. The topological polar surface area (TPSA) is 92.3 Å². The van der Waals surface area contributed by atoms with Crippen LogP contribution in [-0.2, 0) is 24.2 Å². The number of benzene rings is 1. The van der Waals surface area contributed by atoms with Gasteiger partial charge in [-0.25, -0.2) is 4.98 Å². The maximum absolute atomic E-state index is 13.7. The average Bonchev–Trinajstić information content (AvgIpc) is 3.23. The van der Waals surface area contributed by atoms with Crippen molar-refractivity contribution in [3.63, 3.8) is 0 Å². The standard InChI is InChI=1S/C28H23ClN4O3S/c1-17-12-19-14-24(34)23(15-20-6-2-4-10-30-20)33(28(36)26(19)37-17)16-18-8-9-21(22(29)13-18)27(35)32-25-7-3-5-11-31-25/h2-13,23H,14-16H2,1H3,(H,31,32,35). The van der Waals surface area contributed by atoms with Crippen LogP contribution in [-0.4, -0.2) is 38.5 Å². The Hall–Kier alpha value is -3.88. The zero-order chi connectivity index (χ0) is 25.9. The number of rotatable bonds is 6. The largest absolute Gasteiger partial charge is 0.323 e. The van der Waals surface area contributed by atoms with Crippen LogP contribution in [0, 0.1) is 6.92 Å². The number of aromatic nitrogens is 2. The lowest BCUT2D eigenvalue weighted by Crippen LogP contribution is -2.44. The minimum Gasteiger partial charge on any atom is -0.323 e. The zero-order valence-corrected chi connectivity index (χ0v) is 21.6. The number of thiophene rings is 1. The number of carbonyl (C=O) groups excluding carboxylic acids is 3. The number of nitrogens with one attached hydrogen (secondary N) is 1. The summed E-state index contributed by atoms with van der Waals surface area (Å²) in [4.78, 5) is 51.5. The Morgan fingerprint density at radius 1 is 1.08 bits per heavy atom. The molecule has 0 saturated heterocycles. The number of aryl methyl sites for hydroxylation is 1. The molecule has 0 saturated carbocycles. The molecule has 1 aromatic carbocycles. The summed E-state index contributed by atoms with van der Waals surface area (Å²) < 4.78 is 0. The lowest BCUT2D eigenvalue weighted by Gasteiger charge is -2.29. The number of amides is 2. The van der Waals surface area contributed by atoms with Crippen molar-refractivity contribution >= 4 is 46.4 Å². The van der Waals surface area contributed by atoms with Crippen LogP contribution >= 0.6 is 22.9 Å². The van der Waals surface area contributed by atoms with E-state index in [9.17, 15) is 14.4 Å². The van der Waals surface area contributed by atoms with Crippen molar-refractivity contribution in [3.8, 4) is 0 Å². The van der Waals surface area contributed by atoms with E-state index in [2.05, 4.69) is 15.3 Å². The highest BCUT2D eigenvalue weighted by Crippen LogP contribution is 2.31. The molecular formula is C28H23ClN4O3S. The predicted octanol–water partition coefficient (Wildman–Crippen LogP) is 5.13. The normalized spacial score (nSPS) is 15.3. The average molecular weight is 531 g/mol. The van der Waals surface area contributed by atoms with Crippen molar-refractivity contribution in [2.75, 3.05) is 5.32 Å². The Bertz CT molecular complexity index is 1470. The van der Waals surface area contributed by atoms with E-state index < -0.39 is 6.04 Å². The Kier molecular flexibility index (Phi) is 7.12. The molecule has 0 spiro atoms. The molecule has 1 unspecified atom stereocenters. The summed E-state index contributed by atoms with van der Waals surface area (Å²) in [5, 5.41) is 2.96. The van der Waals surface area contributed by atoms with Crippen LogP contribution in [0.1, 0.15) is 41.7 Å². The highest BCUT2D eigenvalue weighted by Gasteiger charge is 2.36. The van der Waals surface area contributed by atoms with Gasteiger partial charge in [-0.05, 0) is 60.5 Å². The minimum absolute atomic E-state index is 0.0343. The molecular weight excluding hydrogens is 508 g/mol. The molecule has 5 rings (SSSR count). The van der Waals surface area contributed by atoms with Gasteiger partial charge in [-0.2, -0.15) is 0 Å². The van der Waals surface area contributed by atoms with Crippen LogP contribution in [0.15, 0.2) is 73.1 Å². The molecule has 37 heavy (non-hydrogen) atoms. The van der Waals surface area contributed by atoms with E-state index in [1.54, 1.807) is 53.7 Å². The third-order valence-electron chi connectivity index (χ3n) is 6.17. The molecule has 1 aliphatic heterocycles. The number of fused-ring (bicyclic) bond motifs is 1. The van der Waals surface area contributed by atoms with Crippen molar-refractivity contribution in [1.29, 1.82) is 0 Å². The molecule has 0 bridgehead atoms. The van der Waals surface area contributed by atoms with E-state index in [1.807, 2.05) is 31.2 Å². The SMILES string of the molecule is Cc1cc2c(s1)C(=O)N(Cc1ccc(C(=O)Nc3ccccn3)c(Cl)c1)C(Cc1ccccn1)C(=O)C2. The fourth-order valence-electron chi connectivity index (χ4n) is 4.41. The van der Waals surface area contributed by atoms with Gasteiger partial charge >= 0.3 is 0 Å². The van der Waals surface area contributed by atoms with Gasteiger partial charge in [-0.15, -0.1) is 11.3 Å². The monoisotopic (exact) mass is 530 g/mol. The number of carbonyl (C=O) groups is 3. The van der Waals surface area contributed by atoms with E-state index in [0.29, 0.717) is 22.7 Å². The summed E-state index contributed by atoms with van der Waals surface area (Å²) in [5.41, 5.74) is 2.50. The highest BCUT2D eigenvalue weighted by atomic mass is 35.5. The number of hydrogen-bond donors (Lipinski definition) is 1. The zero-order valence-electron chi connectivity index (χ0n) is 20.0. The number of hydrogen-bond acceptors (Lipinski definition) is 6. The molecule has 186 valence electrons. The van der Waals surface area contributed by atoms with Gasteiger partial charge in [0.25, 0.3) is 11.8 Å². The van der Waals surface area contributed by atoms with Crippen LogP contribution in [0.2, 0.25) is 5.02 Å². The Labute approximate surface area is 223 Å². The second kappa shape index (κ2) is 10.6. The fraction of sp³-hybridized carbons (Fsp3) is 0.179. The molecule has 4 heterocycles. The van der Waals surface area contributed by atoms with Crippen LogP contribution in [0.3, 0.4) is 0 Å². The van der Waals surface area contributed by atoms with Gasteiger partial charge in [0.15, 0.2) is 5.78 Å². The molecule has 0 aliphatic carbocycles. The van der Waals surface area contributed by atoms with Gasteiger partial charge < -0.3 is 10.2 Å². The molecule has 2 amide bonds. The van der Waals surface area contributed by atoms with Gasteiger partial charge in [0.1, 0.15) is 5.82 Å². The molecule has 7 nitrogen and oxygen atoms in total. The molecule has 4 aromatic rings. The van der Waals surface area contributed by atoms with Crippen molar-refractivity contribution in [3.05, 3.63) is 110 Å². The molecule has 1 atom stereocenters. The van der Waals surface area contributed by atoms with Gasteiger partial charge in [-0.3, -0.25) is 19.4 Å². The van der Waals surface area contributed by atoms with E-state index in [4.69, 9.17) is 11.6 Å². The third-order valence-corrected chi connectivity index (χ3v) is 7.56. The molecule has 0 fully saturated rings. The second-order valence-corrected chi connectivity index (χ2v) is 10.5. The highest BCUT2D eigenvalue weighted by molar-refractivity contribution is 7.14. The Morgan fingerprint density at radius 2 is 1.86 bits per heavy atom.